The summed E-state index contributed by atoms with van der Waals surface area (Å²) in [6, 6.07) is 11.1. The van der Waals surface area contributed by atoms with Crippen LogP contribution in [-0.4, -0.2) is 70.8 Å². The van der Waals surface area contributed by atoms with Gasteiger partial charge in [-0.05, 0) is 35.9 Å². The third-order valence-electron chi connectivity index (χ3n) is 5.84. The Kier molecular flexibility index (Phi) is 4.96. The van der Waals surface area contributed by atoms with Crippen molar-refractivity contribution < 1.29 is 22.6 Å². The molecule has 0 unspecified atom stereocenters. The van der Waals surface area contributed by atoms with Gasteiger partial charge in [0.2, 0.25) is 16.8 Å². The topological polar surface area (TPSA) is 71.6 Å². The molecule has 9 heteroatoms. The predicted molar refractivity (Wildman–Crippen MR) is 112 cm³/mol. The lowest BCUT2D eigenvalue weighted by molar-refractivity contribution is 0.173. The Morgan fingerprint density at radius 3 is 2.47 bits per heavy atom. The lowest BCUT2D eigenvalue weighted by Crippen LogP contribution is -2.48. The van der Waals surface area contributed by atoms with Crippen molar-refractivity contribution in [1.82, 2.24) is 9.21 Å². The standard InChI is InChI=1S/C21H25N3O5S/c1-22-10-11-27-19-5-3-17(13-18(19)22)30(25,26)24-8-6-23(7-9-24)14-16-2-4-20-21(12-16)29-15-28-20/h2-5,12-13H,6-11,14-15H2,1H3. The highest BCUT2D eigenvalue weighted by Gasteiger charge is 2.30. The number of anilines is 1. The molecule has 0 bridgehead atoms. The second kappa shape index (κ2) is 7.64. The molecule has 0 amide bonds. The molecule has 0 radical (unpaired) electrons. The molecule has 3 aliphatic rings. The first-order valence-corrected chi connectivity index (χ1v) is 11.5. The van der Waals surface area contributed by atoms with E-state index in [9.17, 15) is 8.42 Å². The molecule has 2 aromatic carbocycles. The van der Waals surface area contributed by atoms with Crippen molar-refractivity contribution in [1.29, 1.82) is 0 Å². The molecule has 2 aromatic rings. The van der Waals surface area contributed by atoms with Crippen LogP contribution >= 0.6 is 0 Å². The van der Waals surface area contributed by atoms with Crippen molar-refractivity contribution >= 4 is 15.7 Å². The maximum absolute atomic E-state index is 13.2. The Bertz CT molecular complexity index is 1050. The van der Waals surface area contributed by atoms with Crippen LogP contribution in [0.15, 0.2) is 41.3 Å². The summed E-state index contributed by atoms with van der Waals surface area (Å²) in [4.78, 5) is 4.61. The van der Waals surface area contributed by atoms with Crippen molar-refractivity contribution in [3.05, 3.63) is 42.0 Å². The molecule has 8 nitrogen and oxygen atoms in total. The van der Waals surface area contributed by atoms with Crippen molar-refractivity contribution in [2.75, 3.05) is 58.1 Å². The van der Waals surface area contributed by atoms with Gasteiger partial charge >= 0.3 is 0 Å². The second-order valence-electron chi connectivity index (χ2n) is 7.77. The Labute approximate surface area is 176 Å². The highest BCUT2D eigenvalue weighted by Crippen LogP contribution is 2.34. The molecule has 30 heavy (non-hydrogen) atoms. The van der Waals surface area contributed by atoms with Gasteiger partial charge in [-0.2, -0.15) is 4.31 Å². The molecule has 0 atom stereocenters. The third kappa shape index (κ3) is 3.57. The normalized spacial score (nSPS) is 19.4. The summed E-state index contributed by atoms with van der Waals surface area (Å²) in [6.07, 6.45) is 0. The van der Waals surface area contributed by atoms with Gasteiger partial charge in [0.25, 0.3) is 0 Å². The van der Waals surface area contributed by atoms with Gasteiger partial charge in [0.05, 0.1) is 17.1 Å². The zero-order valence-electron chi connectivity index (χ0n) is 16.9. The lowest BCUT2D eigenvalue weighted by Gasteiger charge is -2.34. The van der Waals surface area contributed by atoms with Gasteiger partial charge in [-0.3, -0.25) is 4.90 Å². The Balaban J connectivity index is 1.25. The van der Waals surface area contributed by atoms with E-state index in [1.807, 2.05) is 30.1 Å². The number of fused-ring (bicyclic) bond motifs is 2. The molecule has 3 heterocycles. The molecular weight excluding hydrogens is 406 g/mol. The van der Waals surface area contributed by atoms with Crippen molar-refractivity contribution in [3.8, 4) is 17.2 Å². The first kappa shape index (κ1) is 19.5. The van der Waals surface area contributed by atoms with Gasteiger partial charge in [-0.25, -0.2) is 8.42 Å². The van der Waals surface area contributed by atoms with Gasteiger partial charge < -0.3 is 19.1 Å². The van der Waals surface area contributed by atoms with E-state index in [0.717, 1.165) is 41.6 Å². The fourth-order valence-electron chi connectivity index (χ4n) is 4.07. The predicted octanol–water partition coefficient (Wildman–Crippen LogP) is 1.75. The van der Waals surface area contributed by atoms with Crippen LogP contribution in [0.25, 0.3) is 0 Å². The Morgan fingerprint density at radius 1 is 0.867 bits per heavy atom. The highest BCUT2D eigenvalue weighted by molar-refractivity contribution is 7.89. The molecule has 160 valence electrons. The van der Waals surface area contributed by atoms with Crippen molar-refractivity contribution in [3.63, 3.8) is 0 Å². The summed E-state index contributed by atoms with van der Waals surface area (Å²) in [5.41, 5.74) is 1.96. The number of hydrogen-bond donors (Lipinski definition) is 0. The molecule has 5 rings (SSSR count). The number of ether oxygens (including phenoxy) is 3. The second-order valence-corrected chi connectivity index (χ2v) is 9.71. The maximum atomic E-state index is 13.2. The van der Waals surface area contributed by atoms with Gasteiger partial charge in [0, 0.05) is 39.8 Å². The lowest BCUT2D eigenvalue weighted by atomic mass is 10.2. The summed E-state index contributed by atoms with van der Waals surface area (Å²) >= 11 is 0. The smallest absolute Gasteiger partial charge is 0.243 e. The summed E-state index contributed by atoms with van der Waals surface area (Å²) < 4.78 is 44.4. The summed E-state index contributed by atoms with van der Waals surface area (Å²) in [7, 11) is -1.58. The highest BCUT2D eigenvalue weighted by atomic mass is 32.2. The third-order valence-corrected chi connectivity index (χ3v) is 7.73. The summed E-state index contributed by atoms with van der Waals surface area (Å²) in [5, 5.41) is 0. The molecule has 0 spiro atoms. The number of likely N-dealkylation sites (N-methyl/N-ethyl adjacent to an activating group) is 1. The van der Waals surface area contributed by atoms with Gasteiger partial charge in [-0.15, -0.1) is 0 Å². The van der Waals surface area contributed by atoms with Crippen LogP contribution in [0.5, 0.6) is 17.2 Å². The monoisotopic (exact) mass is 431 g/mol. The van der Waals surface area contributed by atoms with E-state index in [4.69, 9.17) is 14.2 Å². The molecule has 1 saturated heterocycles. The number of rotatable bonds is 4. The SMILES string of the molecule is CN1CCOc2ccc(S(=O)(=O)N3CCN(Cc4ccc5c(c4)OCO5)CC3)cc21. The van der Waals surface area contributed by atoms with Crippen LogP contribution in [0.1, 0.15) is 5.56 Å². The number of hydrogen-bond acceptors (Lipinski definition) is 7. The van der Waals surface area contributed by atoms with Crippen LogP contribution in [0, 0.1) is 0 Å². The van der Waals surface area contributed by atoms with Crippen LogP contribution in [0.2, 0.25) is 0 Å². The largest absolute Gasteiger partial charge is 0.490 e. The van der Waals surface area contributed by atoms with E-state index in [1.54, 1.807) is 22.5 Å². The number of piperazine rings is 1. The van der Waals surface area contributed by atoms with Gasteiger partial charge in [0.15, 0.2) is 11.5 Å². The first-order valence-electron chi connectivity index (χ1n) is 10.1. The quantitative estimate of drug-likeness (QED) is 0.730. The van der Waals surface area contributed by atoms with Crippen LogP contribution in [0.3, 0.4) is 0 Å². The van der Waals surface area contributed by atoms with Crippen LogP contribution < -0.4 is 19.1 Å². The zero-order valence-corrected chi connectivity index (χ0v) is 17.7. The van der Waals surface area contributed by atoms with E-state index >= 15 is 0 Å². The molecular formula is C21H25N3O5S. The average Bonchev–Trinajstić information content (AvgIpc) is 3.22. The van der Waals surface area contributed by atoms with E-state index < -0.39 is 10.0 Å². The van der Waals surface area contributed by atoms with Gasteiger partial charge in [0.1, 0.15) is 12.4 Å². The maximum Gasteiger partial charge on any atom is 0.243 e. The first-order chi connectivity index (χ1) is 14.5. The molecule has 0 saturated carbocycles. The molecule has 1 fully saturated rings. The fourth-order valence-corrected chi connectivity index (χ4v) is 5.51. The number of nitrogens with zero attached hydrogens (tertiary/aromatic N) is 3. The van der Waals surface area contributed by atoms with Crippen molar-refractivity contribution in [2.24, 2.45) is 0 Å². The number of benzene rings is 2. The molecule has 3 aliphatic heterocycles. The van der Waals surface area contributed by atoms with Gasteiger partial charge in [-0.1, -0.05) is 6.07 Å². The minimum Gasteiger partial charge on any atom is -0.490 e. The van der Waals surface area contributed by atoms with Crippen LogP contribution in [-0.2, 0) is 16.6 Å². The number of sulfonamides is 1. The van der Waals surface area contributed by atoms with E-state index in [0.29, 0.717) is 37.7 Å². The Hall–Kier alpha value is -2.49. The molecule has 0 aliphatic carbocycles. The van der Waals surface area contributed by atoms with E-state index in [1.165, 1.54) is 0 Å². The zero-order chi connectivity index (χ0) is 20.7. The fraction of sp³-hybridized carbons (Fsp3) is 0.429. The minimum absolute atomic E-state index is 0.264. The average molecular weight is 432 g/mol. The molecule has 0 N–H and O–H groups in total. The van der Waals surface area contributed by atoms with E-state index in [-0.39, 0.29) is 6.79 Å². The van der Waals surface area contributed by atoms with E-state index in [2.05, 4.69) is 4.90 Å². The Morgan fingerprint density at radius 2 is 1.63 bits per heavy atom. The summed E-state index contributed by atoms with van der Waals surface area (Å²) in [6.45, 7) is 4.68. The minimum atomic E-state index is -3.54. The van der Waals surface area contributed by atoms with Crippen molar-refractivity contribution in [2.45, 2.75) is 11.4 Å². The molecule has 0 aromatic heterocycles. The van der Waals surface area contributed by atoms with Crippen LogP contribution in [0.4, 0.5) is 5.69 Å². The summed E-state index contributed by atoms with van der Waals surface area (Å²) in [5.74, 6) is 2.28.